The molecule has 27 heavy (non-hydrogen) atoms. The summed E-state index contributed by atoms with van der Waals surface area (Å²) in [7, 11) is 0. The number of aryl methyl sites for hydroxylation is 1. The molecule has 0 spiro atoms. The lowest BCUT2D eigenvalue weighted by atomic mass is 9.85. The SMILES string of the molecule is Cc1nn(-c2ccc(F)cc2)c(C)c1C(=O)N[C@H]1CC[C@H]1NC1CCCC1. The summed E-state index contributed by atoms with van der Waals surface area (Å²) in [6.45, 7) is 3.73. The Bertz CT molecular complexity index is 823. The largest absolute Gasteiger partial charge is 0.348 e. The number of carbonyl (C=O) groups is 1. The number of hydrogen-bond donors (Lipinski definition) is 2. The van der Waals surface area contributed by atoms with E-state index in [1.54, 1.807) is 16.8 Å². The highest BCUT2D eigenvalue weighted by atomic mass is 19.1. The van der Waals surface area contributed by atoms with Crippen molar-refractivity contribution in [2.75, 3.05) is 0 Å². The van der Waals surface area contributed by atoms with Crippen molar-refractivity contribution >= 4 is 5.91 Å². The van der Waals surface area contributed by atoms with Gasteiger partial charge in [0.2, 0.25) is 0 Å². The number of nitrogens with zero attached hydrogens (tertiary/aromatic N) is 2. The van der Waals surface area contributed by atoms with Crippen LogP contribution in [0.25, 0.3) is 5.69 Å². The fourth-order valence-corrected chi connectivity index (χ4v) is 4.31. The minimum Gasteiger partial charge on any atom is -0.348 e. The fraction of sp³-hybridized carbons (Fsp3) is 0.524. The number of benzene rings is 1. The molecule has 2 N–H and O–H groups in total. The van der Waals surface area contributed by atoms with Crippen molar-refractivity contribution in [2.24, 2.45) is 0 Å². The third-order valence-electron chi connectivity index (χ3n) is 5.99. The van der Waals surface area contributed by atoms with Crippen LogP contribution < -0.4 is 10.6 Å². The van der Waals surface area contributed by atoms with E-state index in [0.717, 1.165) is 24.2 Å². The first-order chi connectivity index (χ1) is 13.0. The third kappa shape index (κ3) is 3.63. The zero-order valence-electron chi connectivity index (χ0n) is 16.0. The molecule has 2 atom stereocenters. The molecule has 2 saturated carbocycles. The number of carbonyl (C=O) groups excluding carboxylic acids is 1. The Morgan fingerprint density at radius 2 is 1.74 bits per heavy atom. The topological polar surface area (TPSA) is 59.0 Å². The maximum atomic E-state index is 13.2. The summed E-state index contributed by atoms with van der Waals surface area (Å²) in [5, 5.41) is 11.4. The molecule has 5 nitrogen and oxygen atoms in total. The van der Waals surface area contributed by atoms with Gasteiger partial charge in [0.15, 0.2) is 0 Å². The Labute approximate surface area is 159 Å². The van der Waals surface area contributed by atoms with Crippen LogP contribution in [0.4, 0.5) is 4.39 Å². The number of rotatable bonds is 5. The summed E-state index contributed by atoms with van der Waals surface area (Å²) in [6, 6.07) is 7.32. The molecule has 1 heterocycles. The molecule has 0 unspecified atom stereocenters. The van der Waals surface area contributed by atoms with E-state index in [2.05, 4.69) is 15.7 Å². The van der Waals surface area contributed by atoms with E-state index in [1.807, 2.05) is 13.8 Å². The van der Waals surface area contributed by atoms with E-state index < -0.39 is 0 Å². The molecular weight excluding hydrogens is 343 g/mol. The van der Waals surface area contributed by atoms with Crippen molar-refractivity contribution in [1.82, 2.24) is 20.4 Å². The fourth-order valence-electron chi connectivity index (χ4n) is 4.31. The minimum absolute atomic E-state index is 0.0683. The van der Waals surface area contributed by atoms with Gasteiger partial charge in [0.25, 0.3) is 5.91 Å². The standard InChI is InChI=1S/C21H27FN4O/c1-13-20(14(2)26(25-13)17-9-7-15(22)8-10-17)21(27)24-19-12-11-18(19)23-16-5-3-4-6-16/h7-10,16,18-19,23H,3-6,11-12H2,1-2H3,(H,24,27)/t18-,19+/m1/s1. The van der Waals surface area contributed by atoms with Crippen LogP contribution in [-0.2, 0) is 0 Å². The molecule has 1 aromatic carbocycles. The molecule has 144 valence electrons. The molecule has 0 saturated heterocycles. The normalized spacial score (nSPS) is 22.6. The van der Waals surface area contributed by atoms with E-state index >= 15 is 0 Å². The maximum Gasteiger partial charge on any atom is 0.255 e. The third-order valence-corrected chi connectivity index (χ3v) is 5.99. The van der Waals surface area contributed by atoms with E-state index in [0.29, 0.717) is 23.3 Å². The lowest BCUT2D eigenvalue weighted by molar-refractivity contribution is 0.0888. The quantitative estimate of drug-likeness (QED) is 0.848. The van der Waals surface area contributed by atoms with Crippen LogP contribution in [0.15, 0.2) is 24.3 Å². The lowest BCUT2D eigenvalue weighted by Crippen LogP contribution is -2.58. The molecule has 2 aliphatic carbocycles. The summed E-state index contributed by atoms with van der Waals surface area (Å²) in [5.74, 6) is -0.356. The van der Waals surface area contributed by atoms with Crippen LogP contribution in [0.1, 0.15) is 60.3 Å². The average molecular weight is 370 g/mol. The molecule has 4 rings (SSSR count). The van der Waals surface area contributed by atoms with E-state index in [9.17, 15) is 9.18 Å². The number of amides is 1. The Morgan fingerprint density at radius 1 is 1.07 bits per heavy atom. The molecule has 2 aliphatic rings. The highest BCUT2D eigenvalue weighted by Gasteiger charge is 2.35. The maximum absolute atomic E-state index is 13.2. The Kier molecular flexibility index (Phi) is 5.00. The van der Waals surface area contributed by atoms with Crippen molar-refractivity contribution in [1.29, 1.82) is 0 Å². The summed E-state index contributed by atoms with van der Waals surface area (Å²) in [6.07, 6.45) is 7.25. The lowest BCUT2D eigenvalue weighted by Gasteiger charge is -2.39. The molecule has 1 amide bonds. The number of hydrogen-bond acceptors (Lipinski definition) is 3. The molecule has 0 bridgehead atoms. The molecule has 0 aliphatic heterocycles. The van der Waals surface area contributed by atoms with Crippen LogP contribution in [0.2, 0.25) is 0 Å². The van der Waals surface area contributed by atoms with Gasteiger partial charge in [0.1, 0.15) is 5.82 Å². The van der Waals surface area contributed by atoms with Gasteiger partial charge in [-0.25, -0.2) is 9.07 Å². The van der Waals surface area contributed by atoms with Crippen LogP contribution in [0.3, 0.4) is 0 Å². The second-order valence-corrected chi connectivity index (χ2v) is 7.85. The Morgan fingerprint density at radius 3 is 2.37 bits per heavy atom. The smallest absolute Gasteiger partial charge is 0.255 e. The van der Waals surface area contributed by atoms with Gasteiger partial charge in [0, 0.05) is 18.1 Å². The highest BCUT2D eigenvalue weighted by molar-refractivity contribution is 5.96. The molecule has 0 radical (unpaired) electrons. The van der Waals surface area contributed by atoms with Crippen molar-refractivity contribution < 1.29 is 9.18 Å². The number of halogens is 1. The van der Waals surface area contributed by atoms with Crippen LogP contribution in [0, 0.1) is 19.7 Å². The first-order valence-corrected chi connectivity index (χ1v) is 9.92. The molecule has 1 aromatic heterocycles. The van der Waals surface area contributed by atoms with E-state index in [4.69, 9.17) is 0 Å². The van der Waals surface area contributed by atoms with Crippen molar-refractivity contribution in [3.63, 3.8) is 0 Å². The molecule has 6 heteroatoms. The second-order valence-electron chi connectivity index (χ2n) is 7.85. The zero-order valence-corrected chi connectivity index (χ0v) is 16.0. The monoisotopic (exact) mass is 370 g/mol. The zero-order chi connectivity index (χ0) is 19.0. The van der Waals surface area contributed by atoms with Crippen molar-refractivity contribution in [2.45, 2.75) is 70.5 Å². The summed E-state index contributed by atoms with van der Waals surface area (Å²) in [4.78, 5) is 12.9. The Balaban J connectivity index is 1.46. The number of nitrogens with one attached hydrogen (secondary N) is 2. The summed E-state index contributed by atoms with van der Waals surface area (Å²) >= 11 is 0. The average Bonchev–Trinajstić information content (AvgIpc) is 3.25. The van der Waals surface area contributed by atoms with Crippen molar-refractivity contribution in [3.05, 3.63) is 47.0 Å². The molecule has 2 fully saturated rings. The molecular formula is C21H27FN4O. The van der Waals surface area contributed by atoms with Gasteiger partial charge < -0.3 is 10.6 Å². The van der Waals surface area contributed by atoms with Crippen molar-refractivity contribution in [3.8, 4) is 5.69 Å². The van der Waals surface area contributed by atoms with Gasteiger partial charge in [-0.15, -0.1) is 0 Å². The Hall–Kier alpha value is -2.21. The molecule has 2 aromatic rings. The predicted octanol–water partition coefficient (Wildman–Crippen LogP) is 3.42. The first-order valence-electron chi connectivity index (χ1n) is 9.92. The minimum atomic E-state index is -0.288. The summed E-state index contributed by atoms with van der Waals surface area (Å²) in [5.41, 5.74) is 2.83. The predicted molar refractivity (Wildman–Crippen MR) is 103 cm³/mol. The van der Waals surface area contributed by atoms with Gasteiger partial charge in [0.05, 0.1) is 22.6 Å². The van der Waals surface area contributed by atoms with Gasteiger partial charge >= 0.3 is 0 Å². The van der Waals surface area contributed by atoms with Crippen LogP contribution >= 0.6 is 0 Å². The van der Waals surface area contributed by atoms with Crippen LogP contribution in [0.5, 0.6) is 0 Å². The second kappa shape index (κ2) is 7.43. The van der Waals surface area contributed by atoms with Gasteiger partial charge in [-0.2, -0.15) is 5.10 Å². The van der Waals surface area contributed by atoms with Gasteiger partial charge in [-0.1, -0.05) is 12.8 Å². The van der Waals surface area contributed by atoms with Gasteiger partial charge in [-0.05, 0) is 63.8 Å². The van der Waals surface area contributed by atoms with Gasteiger partial charge in [-0.3, -0.25) is 4.79 Å². The van der Waals surface area contributed by atoms with Crippen LogP contribution in [-0.4, -0.2) is 33.8 Å². The first kappa shape index (κ1) is 18.2. The van der Waals surface area contributed by atoms with E-state index in [1.165, 1.54) is 37.8 Å². The summed E-state index contributed by atoms with van der Waals surface area (Å²) < 4.78 is 14.9. The van der Waals surface area contributed by atoms with E-state index in [-0.39, 0.29) is 17.8 Å². The number of aromatic nitrogens is 2. The highest BCUT2D eigenvalue weighted by Crippen LogP contribution is 2.26.